The molecule has 2 aromatic carbocycles. The fourth-order valence-corrected chi connectivity index (χ4v) is 2.94. The van der Waals surface area contributed by atoms with Crippen molar-refractivity contribution in [2.75, 3.05) is 11.9 Å². The Morgan fingerprint density at radius 2 is 1.88 bits per heavy atom. The number of hydrogen-bond donors (Lipinski definition) is 1. The van der Waals surface area contributed by atoms with Crippen molar-refractivity contribution in [3.63, 3.8) is 0 Å². The average Bonchev–Trinajstić information content (AvgIpc) is 3.42. The summed E-state index contributed by atoms with van der Waals surface area (Å²) in [7, 11) is 0. The molecule has 1 amide bonds. The van der Waals surface area contributed by atoms with Crippen LogP contribution in [-0.2, 0) is 0 Å². The van der Waals surface area contributed by atoms with Crippen molar-refractivity contribution >= 4 is 11.6 Å². The highest BCUT2D eigenvalue weighted by Crippen LogP contribution is 2.40. The number of aromatic nitrogens is 2. The summed E-state index contributed by atoms with van der Waals surface area (Å²) in [5.74, 6) is 0.944. The van der Waals surface area contributed by atoms with Crippen LogP contribution in [0.3, 0.4) is 0 Å². The van der Waals surface area contributed by atoms with Gasteiger partial charge in [0.2, 0.25) is 0 Å². The highest BCUT2D eigenvalue weighted by Gasteiger charge is 2.29. The van der Waals surface area contributed by atoms with Crippen molar-refractivity contribution in [2.24, 2.45) is 0 Å². The van der Waals surface area contributed by atoms with E-state index in [1.165, 1.54) is 0 Å². The van der Waals surface area contributed by atoms with E-state index in [4.69, 9.17) is 4.74 Å². The van der Waals surface area contributed by atoms with E-state index in [9.17, 15) is 4.79 Å². The van der Waals surface area contributed by atoms with Gasteiger partial charge < -0.3 is 10.1 Å². The van der Waals surface area contributed by atoms with E-state index < -0.39 is 0 Å². The molecular formula is C21H21N3O2. The molecule has 1 fully saturated rings. The van der Waals surface area contributed by atoms with Crippen LogP contribution in [0.4, 0.5) is 5.69 Å². The molecule has 1 heterocycles. The maximum absolute atomic E-state index is 13.0. The SMILES string of the molecule is CCOc1ccccc1NC(=O)c1cc(C2CC2)nn1-c1ccccc1. The zero-order valence-electron chi connectivity index (χ0n) is 14.7. The molecule has 0 radical (unpaired) electrons. The van der Waals surface area contributed by atoms with E-state index in [0.29, 0.717) is 29.7 Å². The Bertz CT molecular complexity index is 914. The molecule has 4 rings (SSSR count). The van der Waals surface area contributed by atoms with Crippen LogP contribution in [-0.4, -0.2) is 22.3 Å². The molecule has 132 valence electrons. The number of rotatable bonds is 6. The number of amides is 1. The molecule has 0 spiro atoms. The number of ether oxygens (including phenoxy) is 1. The van der Waals surface area contributed by atoms with Crippen molar-refractivity contribution in [2.45, 2.75) is 25.7 Å². The van der Waals surface area contributed by atoms with Crippen LogP contribution >= 0.6 is 0 Å². The van der Waals surface area contributed by atoms with Crippen LogP contribution < -0.4 is 10.1 Å². The molecule has 5 nitrogen and oxygen atoms in total. The number of carbonyl (C=O) groups excluding carboxylic acids is 1. The van der Waals surface area contributed by atoms with Crippen molar-refractivity contribution in [3.8, 4) is 11.4 Å². The normalized spacial score (nSPS) is 13.4. The Hall–Kier alpha value is -3.08. The van der Waals surface area contributed by atoms with E-state index in [0.717, 1.165) is 24.2 Å². The predicted octanol–water partition coefficient (Wildman–Crippen LogP) is 4.40. The topological polar surface area (TPSA) is 56.1 Å². The molecule has 0 atom stereocenters. The van der Waals surface area contributed by atoms with Gasteiger partial charge in [-0.1, -0.05) is 30.3 Å². The molecule has 5 heteroatoms. The van der Waals surface area contributed by atoms with Gasteiger partial charge in [-0.3, -0.25) is 4.79 Å². The summed E-state index contributed by atoms with van der Waals surface area (Å²) in [6.45, 7) is 2.46. The lowest BCUT2D eigenvalue weighted by Gasteiger charge is -2.12. The van der Waals surface area contributed by atoms with E-state index in [-0.39, 0.29) is 5.91 Å². The summed E-state index contributed by atoms with van der Waals surface area (Å²) in [5.41, 5.74) is 3.05. The van der Waals surface area contributed by atoms with Crippen LogP contribution in [0.25, 0.3) is 5.69 Å². The van der Waals surface area contributed by atoms with Gasteiger partial charge in [0.25, 0.3) is 5.91 Å². The first kappa shape index (κ1) is 16.4. The smallest absolute Gasteiger partial charge is 0.274 e. The van der Waals surface area contributed by atoms with Gasteiger partial charge in [-0.05, 0) is 50.1 Å². The molecule has 26 heavy (non-hydrogen) atoms. The highest BCUT2D eigenvalue weighted by molar-refractivity contribution is 6.04. The highest BCUT2D eigenvalue weighted by atomic mass is 16.5. The summed E-state index contributed by atoms with van der Waals surface area (Å²) < 4.78 is 7.33. The Balaban J connectivity index is 1.67. The summed E-state index contributed by atoms with van der Waals surface area (Å²) in [6, 6.07) is 19.1. The predicted molar refractivity (Wildman–Crippen MR) is 101 cm³/mol. The maximum atomic E-state index is 13.0. The number of carbonyl (C=O) groups is 1. The second kappa shape index (κ2) is 7.04. The summed E-state index contributed by atoms with van der Waals surface area (Å²) >= 11 is 0. The van der Waals surface area contributed by atoms with Gasteiger partial charge in [-0.25, -0.2) is 4.68 Å². The lowest BCUT2D eigenvalue weighted by Crippen LogP contribution is -2.17. The second-order valence-corrected chi connectivity index (χ2v) is 6.36. The minimum absolute atomic E-state index is 0.194. The Morgan fingerprint density at radius 3 is 2.62 bits per heavy atom. The lowest BCUT2D eigenvalue weighted by molar-refractivity contribution is 0.101. The first-order chi connectivity index (χ1) is 12.8. The zero-order chi connectivity index (χ0) is 17.9. The molecule has 1 aliphatic carbocycles. The third-order valence-electron chi connectivity index (χ3n) is 4.39. The zero-order valence-corrected chi connectivity index (χ0v) is 14.7. The third kappa shape index (κ3) is 3.33. The molecule has 0 saturated heterocycles. The van der Waals surface area contributed by atoms with Gasteiger partial charge in [0.05, 0.1) is 23.7 Å². The number of nitrogens with zero attached hydrogens (tertiary/aromatic N) is 2. The Kier molecular flexibility index (Phi) is 4.44. The van der Waals surface area contributed by atoms with Crippen molar-refractivity contribution in [3.05, 3.63) is 72.1 Å². The average molecular weight is 347 g/mol. The van der Waals surface area contributed by atoms with Gasteiger partial charge in [-0.15, -0.1) is 0 Å². The molecule has 1 aromatic heterocycles. The van der Waals surface area contributed by atoms with Gasteiger partial charge in [-0.2, -0.15) is 5.10 Å². The second-order valence-electron chi connectivity index (χ2n) is 6.36. The number of benzene rings is 2. The molecular weight excluding hydrogens is 326 g/mol. The first-order valence-corrected chi connectivity index (χ1v) is 8.95. The van der Waals surface area contributed by atoms with Crippen LogP contribution in [0, 0.1) is 0 Å². The van der Waals surface area contributed by atoms with E-state index in [2.05, 4.69) is 10.4 Å². The molecule has 1 aliphatic rings. The maximum Gasteiger partial charge on any atom is 0.274 e. The molecule has 3 aromatic rings. The monoisotopic (exact) mass is 347 g/mol. The Morgan fingerprint density at radius 1 is 1.15 bits per heavy atom. The van der Waals surface area contributed by atoms with Crippen LogP contribution in [0.2, 0.25) is 0 Å². The van der Waals surface area contributed by atoms with E-state index in [1.807, 2.05) is 67.6 Å². The fraction of sp³-hybridized carbons (Fsp3) is 0.238. The van der Waals surface area contributed by atoms with Crippen molar-refractivity contribution in [1.29, 1.82) is 0 Å². The number of anilines is 1. The van der Waals surface area contributed by atoms with Crippen LogP contribution in [0.1, 0.15) is 41.9 Å². The number of nitrogens with one attached hydrogen (secondary N) is 1. The summed E-state index contributed by atoms with van der Waals surface area (Å²) in [5, 5.41) is 7.66. The first-order valence-electron chi connectivity index (χ1n) is 8.95. The molecule has 0 aliphatic heterocycles. The minimum atomic E-state index is -0.194. The fourth-order valence-electron chi connectivity index (χ4n) is 2.94. The van der Waals surface area contributed by atoms with Gasteiger partial charge in [0.15, 0.2) is 0 Å². The molecule has 0 bridgehead atoms. The van der Waals surface area contributed by atoms with Crippen molar-refractivity contribution in [1.82, 2.24) is 9.78 Å². The summed E-state index contributed by atoms with van der Waals surface area (Å²) in [6.07, 6.45) is 2.28. The lowest BCUT2D eigenvalue weighted by atomic mass is 10.2. The van der Waals surface area contributed by atoms with Gasteiger partial charge in [0.1, 0.15) is 11.4 Å². The Labute approximate surface area is 152 Å². The van der Waals surface area contributed by atoms with Gasteiger partial charge >= 0.3 is 0 Å². The standard InChI is InChI=1S/C21H21N3O2/c1-2-26-20-11-7-6-10-17(20)22-21(25)19-14-18(15-12-13-15)23-24(19)16-8-4-3-5-9-16/h3-11,14-15H,2,12-13H2,1H3,(H,22,25). The number of hydrogen-bond acceptors (Lipinski definition) is 3. The van der Waals surface area contributed by atoms with E-state index >= 15 is 0 Å². The van der Waals surface area contributed by atoms with Crippen molar-refractivity contribution < 1.29 is 9.53 Å². The van der Waals surface area contributed by atoms with Crippen LogP contribution in [0.5, 0.6) is 5.75 Å². The number of para-hydroxylation sites is 3. The van der Waals surface area contributed by atoms with Crippen LogP contribution in [0.15, 0.2) is 60.7 Å². The largest absolute Gasteiger partial charge is 0.492 e. The molecule has 1 N–H and O–H groups in total. The van der Waals surface area contributed by atoms with E-state index in [1.54, 1.807) is 4.68 Å². The third-order valence-corrected chi connectivity index (χ3v) is 4.39. The summed E-state index contributed by atoms with van der Waals surface area (Å²) in [4.78, 5) is 13.0. The molecule has 1 saturated carbocycles. The molecule has 0 unspecified atom stereocenters. The van der Waals surface area contributed by atoms with Gasteiger partial charge in [0, 0.05) is 5.92 Å². The quantitative estimate of drug-likeness (QED) is 0.719. The minimum Gasteiger partial charge on any atom is -0.492 e.